The van der Waals surface area contributed by atoms with E-state index in [4.69, 9.17) is 0 Å². The van der Waals surface area contributed by atoms with Crippen molar-refractivity contribution in [2.24, 2.45) is 0 Å². The van der Waals surface area contributed by atoms with Crippen molar-refractivity contribution < 1.29 is 4.39 Å². The predicted octanol–water partition coefficient (Wildman–Crippen LogP) is 3.85. The quantitative estimate of drug-likeness (QED) is 0.495. The van der Waals surface area contributed by atoms with Crippen molar-refractivity contribution in [3.63, 3.8) is 0 Å². The summed E-state index contributed by atoms with van der Waals surface area (Å²) in [6, 6.07) is 7.86. The van der Waals surface area contributed by atoms with Crippen LogP contribution in [0.25, 0.3) is 16.8 Å². The number of halogens is 1. The molecule has 32 heavy (non-hydrogen) atoms. The SMILES string of the molecule is CNC1CCC(n2cc(-c3cc(Sc4ncccc4F)c4c(C#N)cnn4c3)nn2)CC1. The van der Waals surface area contributed by atoms with Gasteiger partial charge in [0.05, 0.1) is 29.5 Å². The third kappa shape index (κ3) is 3.85. The van der Waals surface area contributed by atoms with Gasteiger partial charge >= 0.3 is 0 Å². The lowest BCUT2D eigenvalue weighted by Crippen LogP contribution is -2.31. The van der Waals surface area contributed by atoms with E-state index in [1.54, 1.807) is 16.8 Å². The van der Waals surface area contributed by atoms with Crippen molar-refractivity contribution in [2.45, 2.75) is 47.7 Å². The number of nitrogens with one attached hydrogen (secondary N) is 1. The van der Waals surface area contributed by atoms with E-state index in [1.807, 2.05) is 30.2 Å². The van der Waals surface area contributed by atoms with Crippen LogP contribution in [0.5, 0.6) is 0 Å². The van der Waals surface area contributed by atoms with Gasteiger partial charge < -0.3 is 5.32 Å². The van der Waals surface area contributed by atoms with Gasteiger partial charge in [0, 0.05) is 28.9 Å². The zero-order valence-corrected chi connectivity index (χ0v) is 18.3. The number of pyridine rings is 2. The largest absolute Gasteiger partial charge is 0.317 e. The van der Waals surface area contributed by atoms with Gasteiger partial charge in [-0.2, -0.15) is 10.4 Å². The fourth-order valence-corrected chi connectivity index (χ4v) is 5.12. The molecule has 0 unspecified atom stereocenters. The van der Waals surface area contributed by atoms with Crippen molar-refractivity contribution in [3.8, 4) is 17.3 Å². The minimum absolute atomic E-state index is 0.238. The van der Waals surface area contributed by atoms with Crippen molar-refractivity contribution in [1.29, 1.82) is 5.26 Å². The Kier molecular flexibility index (Phi) is 5.59. The van der Waals surface area contributed by atoms with E-state index in [9.17, 15) is 9.65 Å². The molecule has 0 aromatic carbocycles. The zero-order chi connectivity index (χ0) is 22.1. The summed E-state index contributed by atoms with van der Waals surface area (Å²) in [6.45, 7) is 0. The summed E-state index contributed by atoms with van der Waals surface area (Å²) in [5.74, 6) is -0.415. The summed E-state index contributed by atoms with van der Waals surface area (Å²) >= 11 is 1.16. The highest BCUT2D eigenvalue weighted by Crippen LogP contribution is 2.36. The summed E-state index contributed by atoms with van der Waals surface area (Å²) in [7, 11) is 2.01. The topological polar surface area (TPSA) is 96.7 Å². The molecule has 0 atom stereocenters. The first-order valence-electron chi connectivity index (χ1n) is 10.5. The van der Waals surface area contributed by atoms with Crippen LogP contribution in [0.1, 0.15) is 37.3 Å². The number of rotatable bonds is 5. The Morgan fingerprint density at radius 2 is 2.09 bits per heavy atom. The lowest BCUT2D eigenvalue weighted by atomic mass is 9.91. The summed E-state index contributed by atoms with van der Waals surface area (Å²) in [5.41, 5.74) is 2.53. The molecule has 1 N–H and O–H groups in total. The average molecular weight is 449 g/mol. The molecule has 0 bridgehead atoms. The van der Waals surface area contributed by atoms with Gasteiger partial charge in [-0.1, -0.05) is 17.0 Å². The molecule has 1 fully saturated rings. The molecule has 5 rings (SSSR count). The van der Waals surface area contributed by atoms with E-state index in [0.717, 1.165) is 43.0 Å². The van der Waals surface area contributed by atoms with Crippen LogP contribution >= 0.6 is 11.8 Å². The molecule has 0 aliphatic heterocycles. The molecule has 1 aliphatic carbocycles. The van der Waals surface area contributed by atoms with Crippen molar-refractivity contribution in [2.75, 3.05) is 7.05 Å². The molecule has 0 amide bonds. The molecule has 0 saturated heterocycles. The van der Waals surface area contributed by atoms with Gasteiger partial charge in [-0.05, 0) is 50.9 Å². The highest BCUT2D eigenvalue weighted by atomic mass is 32.2. The summed E-state index contributed by atoms with van der Waals surface area (Å²) in [5, 5.41) is 26.2. The molecule has 1 saturated carbocycles. The fraction of sp³-hybridized carbons (Fsp3) is 0.318. The van der Waals surface area contributed by atoms with Gasteiger partial charge in [-0.15, -0.1) is 5.10 Å². The van der Waals surface area contributed by atoms with Crippen LogP contribution in [0.15, 0.2) is 52.9 Å². The molecule has 4 aromatic rings. The lowest BCUT2D eigenvalue weighted by Gasteiger charge is -2.27. The molecule has 1 aliphatic rings. The number of hydrogen-bond donors (Lipinski definition) is 1. The first-order valence-corrected chi connectivity index (χ1v) is 11.3. The first-order chi connectivity index (χ1) is 15.7. The lowest BCUT2D eigenvalue weighted by molar-refractivity contribution is 0.281. The second-order valence-electron chi connectivity index (χ2n) is 7.83. The normalized spacial score (nSPS) is 18.7. The number of nitrogens with zero attached hydrogens (tertiary/aromatic N) is 7. The van der Waals surface area contributed by atoms with Crippen LogP contribution < -0.4 is 5.32 Å². The Labute approximate surface area is 188 Å². The smallest absolute Gasteiger partial charge is 0.155 e. The standard InChI is InChI=1S/C22H21FN8S/c1-25-16-4-6-17(7-5-16)30-13-19(28-29-30)14-9-20(32-22-18(23)3-2-8-26-22)21-15(10-24)11-27-31(21)12-14/h2-3,8-9,11-13,16-17,25H,4-7H2,1H3. The van der Waals surface area contributed by atoms with E-state index in [1.165, 1.54) is 12.3 Å². The third-order valence-corrected chi connectivity index (χ3v) is 6.94. The second-order valence-corrected chi connectivity index (χ2v) is 8.86. The van der Waals surface area contributed by atoms with Gasteiger partial charge in [-0.25, -0.2) is 18.6 Å². The number of nitriles is 1. The fourth-order valence-electron chi connectivity index (χ4n) is 4.15. The molecule has 0 spiro atoms. The maximum absolute atomic E-state index is 14.3. The maximum atomic E-state index is 14.3. The molecule has 8 nitrogen and oxygen atoms in total. The molecular weight excluding hydrogens is 427 g/mol. The molecule has 4 aromatic heterocycles. The number of fused-ring (bicyclic) bond motifs is 1. The first kappa shape index (κ1) is 20.6. The zero-order valence-electron chi connectivity index (χ0n) is 17.4. The molecule has 4 heterocycles. The van der Waals surface area contributed by atoms with Crippen LogP contribution in [-0.4, -0.2) is 42.7 Å². The maximum Gasteiger partial charge on any atom is 0.155 e. The van der Waals surface area contributed by atoms with Crippen LogP contribution in [0.4, 0.5) is 4.39 Å². The van der Waals surface area contributed by atoms with E-state index < -0.39 is 5.82 Å². The molecular formula is C22H21FN8S. The Morgan fingerprint density at radius 3 is 2.84 bits per heavy atom. The highest BCUT2D eigenvalue weighted by molar-refractivity contribution is 7.99. The van der Waals surface area contributed by atoms with Gasteiger partial charge in [0.2, 0.25) is 0 Å². The molecule has 10 heteroatoms. The Balaban J connectivity index is 1.51. The average Bonchev–Trinajstić information content (AvgIpc) is 3.48. The number of hydrogen-bond acceptors (Lipinski definition) is 7. The summed E-state index contributed by atoms with van der Waals surface area (Å²) < 4.78 is 17.8. The van der Waals surface area contributed by atoms with E-state index >= 15 is 0 Å². The van der Waals surface area contributed by atoms with Crippen LogP contribution in [0.2, 0.25) is 0 Å². The van der Waals surface area contributed by atoms with Crippen molar-refractivity contribution >= 4 is 17.3 Å². The number of aromatic nitrogens is 6. The molecule has 0 radical (unpaired) electrons. The summed E-state index contributed by atoms with van der Waals surface area (Å²) in [6.07, 6.45) is 11.2. The van der Waals surface area contributed by atoms with Crippen LogP contribution in [0.3, 0.4) is 0 Å². The van der Waals surface area contributed by atoms with Gasteiger partial charge in [0.25, 0.3) is 0 Å². The van der Waals surface area contributed by atoms with Crippen LogP contribution in [0, 0.1) is 17.1 Å². The van der Waals surface area contributed by atoms with Gasteiger partial charge in [0.1, 0.15) is 16.8 Å². The monoisotopic (exact) mass is 448 g/mol. The minimum Gasteiger partial charge on any atom is -0.317 e. The molecule has 162 valence electrons. The summed E-state index contributed by atoms with van der Waals surface area (Å²) in [4.78, 5) is 4.82. The van der Waals surface area contributed by atoms with Gasteiger partial charge in [-0.3, -0.25) is 0 Å². The Bertz CT molecular complexity index is 1300. The van der Waals surface area contributed by atoms with E-state index in [2.05, 4.69) is 31.8 Å². The third-order valence-electron chi connectivity index (χ3n) is 5.91. The van der Waals surface area contributed by atoms with Crippen molar-refractivity contribution in [1.82, 2.24) is 34.9 Å². The predicted molar refractivity (Wildman–Crippen MR) is 118 cm³/mol. The highest BCUT2D eigenvalue weighted by Gasteiger charge is 2.23. The van der Waals surface area contributed by atoms with Crippen LogP contribution in [-0.2, 0) is 0 Å². The minimum atomic E-state index is -0.415. The van der Waals surface area contributed by atoms with Crippen molar-refractivity contribution in [3.05, 3.63) is 54.4 Å². The van der Waals surface area contributed by atoms with Gasteiger partial charge in [0.15, 0.2) is 5.82 Å². The van der Waals surface area contributed by atoms with E-state index in [-0.39, 0.29) is 5.03 Å². The Hall–Kier alpha value is -3.29. The van der Waals surface area contributed by atoms with E-state index in [0.29, 0.717) is 33.8 Å². The second kappa shape index (κ2) is 8.68. The Morgan fingerprint density at radius 1 is 1.25 bits per heavy atom.